The Morgan fingerprint density at radius 3 is 2.67 bits per heavy atom. The quantitative estimate of drug-likeness (QED) is 0.649. The number of nitrogens with two attached hydrogens (primary N) is 1. The summed E-state index contributed by atoms with van der Waals surface area (Å²) in [6, 6.07) is 3.67. The molecule has 0 saturated carbocycles. The maximum Gasteiger partial charge on any atom is 0.192 e. The Bertz CT molecular complexity index is 737. The van der Waals surface area contributed by atoms with Crippen molar-refractivity contribution in [1.82, 2.24) is 10.2 Å². The fraction of sp³-hybridized carbons (Fsp3) is 0.312. The number of fused-ring (bicyclic) bond motifs is 1. The van der Waals surface area contributed by atoms with E-state index < -0.39 is 0 Å². The number of hydrogen-bond donors (Lipinski definition) is 3. The molecule has 2 atom stereocenters. The molecular weight excluding hydrogens is 440 g/mol. The van der Waals surface area contributed by atoms with Crippen molar-refractivity contribution < 1.29 is 9.84 Å². The van der Waals surface area contributed by atoms with E-state index in [0.29, 0.717) is 12.4 Å². The van der Waals surface area contributed by atoms with Crippen molar-refractivity contribution in [3.8, 4) is 5.75 Å². The van der Waals surface area contributed by atoms with Crippen LogP contribution in [0.5, 0.6) is 5.75 Å². The van der Waals surface area contributed by atoms with Gasteiger partial charge in [-0.3, -0.25) is 0 Å². The zero-order chi connectivity index (χ0) is 17.4. The molecule has 0 spiro atoms. The first kappa shape index (κ1) is 17.2. The van der Waals surface area contributed by atoms with Crippen LogP contribution in [0, 0.1) is 0 Å². The molecule has 0 bridgehead atoms. The van der Waals surface area contributed by atoms with Crippen molar-refractivity contribution in [3.63, 3.8) is 0 Å². The molecule has 2 heterocycles. The molecule has 2 aliphatic rings. The molecular formula is C16H18Br2N4O2. The van der Waals surface area contributed by atoms with E-state index >= 15 is 0 Å². The summed E-state index contributed by atoms with van der Waals surface area (Å²) in [5, 5.41) is 13.7. The predicted molar refractivity (Wildman–Crippen MR) is 101 cm³/mol. The monoisotopic (exact) mass is 456 g/mol. The third-order valence-corrected chi connectivity index (χ3v) is 5.26. The highest BCUT2D eigenvalue weighted by atomic mass is 79.9. The summed E-state index contributed by atoms with van der Waals surface area (Å²) in [5.41, 5.74) is 7.65. The molecule has 0 aliphatic carbocycles. The van der Waals surface area contributed by atoms with Gasteiger partial charge in [0.2, 0.25) is 0 Å². The Morgan fingerprint density at radius 1 is 1.38 bits per heavy atom. The SMILES string of the molecule is COc1c(Br)cc(CC2=C(O)N(C)C=CC3NC(N)=NC23)cc1Br. The van der Waals surface area contributed by atoms with Crippen LogP contribution < -0.4 is 15.8 Å². The Kier molecular flexibility index (Phi) is 4.78. The molecule has 8 heteroatoms. The largest absolute Gasteiger partial charge is 0.494 e. The molecule has 6 nitrogen and oxygen atoms in total. The molecule has 0 radical (unpaired) electrons. The van der Waals surface area contributed by atoms with Gasteiger partial charge >= 0.3 is 0 Å². The van der Waals surface area contributed by atoms with Crippen molar-refractivity contribution in [2.24, 2.45) is 10.7 Å². The standard InChI is InChI=1S/C16H18Br2N4O2/c1-22-4-3-12-13(21-16(19)20-12)9(15(22)23)5-8-6-10(17)14(24-2)11(18)7-8/h3-4,6-7,12-13,23H,5H2,1-2H3,(H3,19,20,21). The van der Waals surface area contributed by atoms with Crippen molar-refractivity contribution in [2.75, 3.05) is 14.2 Å². The van der Waals surface area contributed by atoms with Gasteiger partial charge in [-0.25, -0.2) is 4.99 Å². The van der Waals surface area contributed by atoms with Gasteiger partial charge in [0, 0.05) is 25.2 Å². The lowest BCUT2D eigenvalue weighted by molar-refractivity contribution is 0.273. The highest BCUT2D eigenvalue weighted by molar-refractivity contribution is 9.11. The summed E-state index contributed by atoms with van der Waals surface area (Å²) in [6.45, 7) is 0. The number of rotatable bonds is 3. The van der Waals surface area contributed by atoms with Crippen LogP contribution in [0.1, 0.15) is 5.56 Å². The third kappa shape index (κ3) is 3.12. The van der Waals surface area contributed by atoms with Gasteiger partial charge in [0.15, 0.2) is 11.8 Å². The van der Waals surface area contributed by atoms with Crippen LogP contribution >= 0.6 is 31.9 Å². The number of aliphatic hydroxyl groups is 1. The first-order chi connectivity index (χ1) is 11.4. The number of benzene rings is 1. The van der Waals surface area contributed by atoms with Crippen LogP contribution in [0.4, 0.5) is 0 Å². The van der Waals surface area contributed by atoms with Gasteiger partial charge in [-0.2, -0.15) is 0 Å². The number of ether oxygens (including phenoxy) is 1. The zero-order valence-corrected chi connectivity index (χ0v) is 16.4. The predicted octanol–water partition coefficient (Wildman–Crippen LogP) is 2.65. The fourth-order valence-electron chi connectivity index (χ4n) is 2.93. The van der Waals surface area contributed by atoms with Crippen LogP contribution in [0.25, 0.3) is 0 Å². The molecule has 2 unspecified atom stereocenters. The minimum atomic E-state index is -0.231. The van der Waals surface area contributed by atoms with Gasteiger partial charge in [-0.15, -0.1) is 0 Å². The van der Waals surface area contributed by atoms with E-state index in [2.05, 4.69) is 42.2 Å². The normalized spacial score (nSPS) is 22.8. The third-order valence-electron chi connectivity index (χ3n) is 4.08. The summed E-state index contributed by atoms with van der Waals surface area (Å²) >= 11 is 7.03. The second kappa shape index (κ2) is 6.68. The minimum Gasteiger partial charge on any atom is -0.494 e. The zero-order valence-electron chi connectivity index (χ0n) is 13.3. The van der Waals surface area contributed by atoms with E-state index in [9.17, 15) is 5.11 Å². The molecule has 0 aromatic heterocycles. The second-order valence-corrected chi connectivity index (χ2v) is 7.41. The van der Waals surface area contributed by atoms with Gasteiger partial charge in [-0.05, 0) is 55.6 Å². The van der Waals surface area contributed by atoms with Crippen LogP contribution in [0.2, 0.25) is 0 Å². The first-order valence-electron chi connectivity index (χ1n) is 7.35. The van der Waals surface area contributed by atoms with Gasteiger partial charge in [-0.1, -0.05) is 0 Å². The van der Waals surface area contributed by atoms with Crippen molar-refractivity contribution >= 4 is 37.8 Å². The number of nitrogens with one attached hydrogen (secondary N) is 1. The Morgan fingerprint density at radius 2 is 2.04 bits per heavy atom. The topological polar surface area (TPSA) is 83.1 Å². The second-order valence-electron chi connectivity index (χ2n) is 5.70. The van der Waals surface area contributed by atoms with E-state index in [1.165, 1.54) is 0 Å². The van der Waals surface area contributed by atoms with Gasteiger partial charge < -0.3 is 25.8 Å². The van der Waals surface area contributed by atoms with E-state index in [4.69, 9.17) is 10.5 Å². The molecule has 3 rings (SSSR count). The molecule has 0 amide bonds. The van der Waals surface area contributed by atoms with Crippen LogP contribution in [-0.4, -0.2) is 42.2 Å². The van der Waals surface area contributed by atoms with Crippen molar-refractivity contribution in [1.29, 1.82) is 0 Å². The van der Waals surface area contributed by atoms with Crippen molar-refractivity contribution in [2.45, 2.75) is 18.5 Å². The number of nitrogens with zero attached hydrogens (tertiary/aromatic N) is 2. The lowest BCUT2D eigenvalue weighted by Crippen LogP contribution is -2.37. The van der Waals surface area contributed by atoms with E-state index in [-0.39, 0.29) is 18.0 Å². The molecule has 24 heavy (non-hydrogen) atoms. The number of guanidine groups is 1. The first-order valence-corrected chi connectivity index (χ1v) is 8.94. The lowest BCUT2D eigenvalue weighted by atomic mass is 9.95. The van der Waals surface area contributed by atoms with Crippen molar-refractivity contribution in [3.05, 3.63) is 50.4 Å². The maximum atomic E-state index is 10.6. The van der Waals surface area contributed by atoms with Crippen LogP contribution in [-0.2, 0) is 6.42 Å². The molecule has 0 fully saturated rings. The summed E-state index contributed by atoms with van der Waals surface area (Å²) in [6.07, 6.45) is 4.32. The van der Waals surface area contributed by atoms with E-state index in [1.54, 1.807) is 19.1 Å². The maximum absolute atomic E-state index is 10.6. The minimum absolute atomic E-state index is 0.0581. The Hall–Kier alpha value is -1.67. The number of hydrogen-bond acceptors (Lipinski definition) is 6. The summed E-state index contributed by atoms with van der Waals surface area (Å²) < 4.78 is 7.03. The molecule has 0 saturated heterocycles. The van der Waals surface area contributed by atoms with E-state index in [1.807, 2.05) is 24.4 Å². The summed E-state index contributed by atoms with van der Waals surface area (Å²) in [7, 11) is 3.43. The smallest absolute Gasteiger partial charge is 0.192 e. The highest BCUT2D eigenvalue weighted by Gasteiger charge is 2.33. The number of methoxy groups -OCH3 is 1. The van der Waals surface area contributed by atoms with Crippen LogP contribution in [0.15, 0.2) is 49.8 Å². The molecule has 2 aliphatic heterocycles. The lowest BCUT2D eigenvalue weighted by Gasteiger charge is -2.20. The van der Waals surface area contributed by atoms with Gasteiger partial charge in [0.05, 0.1) is 22.1 Å². The summed E-state index contributed by atoms with van der Waals surface area (Å²) in [4.78, 5) is 6.14. The van der Waals surface area contributed by atoms with Gasteiger partial charge in [0.1, 0.15) is 11.8 Å². The molecule has 128 valence electrons. The van der Waals surface area contributed by atoms with E-state index in [0.717, 1.165) is 25.8 Å². The fourth-order valence-corrected chi connectivity index (χ4v) is 4.53. The number of halogens is 2. The highest BCUT2D eigenvalue weighted by Crippen LogP contribution is 2.36. The Labute approximate surface area is 157 Å². The molecule has 1 aromatic carbocycles. The molecule has 1 aromatic rings. The number of aliphatic imine (C=N–C) groups is 1. The molecule has 4 N–H and O–H groups in total. The van der Waals surface area contributed by atoms with Crippen LogP contribution in [0.3, 0.4) is 0 Å². The average molecular weight is 458 g/mol. The Balaban J connectivity index is 1.99. The van der Waals surface area contributed by atoms with Gasteiger partial charge in [0.25, 0.3) is 0 Å². The average Bonchev–Trinajstić information content (AvgIpc) is 2.85. The number of aliphatic hydroxyl groups excluding tert-OH is 1. The summed E-state index contributed by atoms with van der Waals surface area (Å²) in [5.74, 6) is 1.32.